The molecule has 1 atom stereocenters. The van der Waals surface area contributed by atoms with Crippen LogP contribution in [0.4, 0.5) is 10.1 Å². The summed E-state index contributed by atoms with van der Waals surface area (Å²) in [7, 11) is 0. The summed E-state index contributed by atoms with van der Waals surface area (Å²) in [6.07, 6.45) is 4.79. The second-order valence-corrected chi connectivity index (χ2v) is 8.46. The van der Waals surface area contributed by atoms with Gasteiger partial charge in [0.1, 0.15) is 12.4 Å². The molecule has 1 amide bonds. The molecule has 2 aromatic carbocycles. The number of anilines is 1. The van der Waals surface area contributed by atoms with Crippen molar-refractivity contribution in [2.45, 2.75) is 31.4 Å². The van der Waals surface area contributed by atoms with Crippen LogP contribution in [0.5, 0.6) is 0 Å². The van der Waals surface area contributed by atoms with E-state index in [-0.39, 0.29) is 23.9 Å². The third kappa shape index (κ3) is 3.85. The first-order valence-electron chi connectivity index (χ1n) is 10.6. The smallest absolute Gasteiger partial charge is 0.253 e. The van der Waals surface area contributed by atoms with E-state index in [1.165, 1.54) is 28.6 Å². The number of nitrogens with one attached hydrogen (secondary N) is 1. The molecule has 1 spiro atoms. The summed E-state index contributed by atoms with van der Waals surface area (Å²) in [6.45, 7) is 3.46. The maximum Gasteiger partial charge on any atom is 0.253 e. The molecule has 2 aliphatic rings. The number of aromatic amines is 1. The number of amides is 1. The predicted octanol–water partition coefficient (Wildman–Crippen LogP) is 4.10. The van der Waals surface area contributed by atoms with E-state index in [0.717, 1.165) is 44.6 Å². The zero-order valence-corrected chi connectivity index (χ0v) is 16.9. The van der Waals surface area contributed by atoms with E-state index in [0.29, 0.717) is 6.54 Å². The molecule has 6 heteroatoms. The Morgan fingerprint density at radius 3 is 2.80 bits per heavy atom. The van der Waals surface area contributed by atoms with Gasteiger partial charge in [0.05, 0.1) is 12.1 Å². The lowest BCUT2D eigenvalue weighted by molar-refractivity contribution is -0.140. The quantitative estimate of drug-likeness (QED) is 0.711. The average molecular weight is 407 g/mol. The largest absolute Gasteiger partial charge is 0.363 e. The van der Waals surface area contributed by atoms with E-state index < -0.39 is 0 Å². The van der Waals surface area contributed by atoms with Crippen molar-refractivity contribution in [1.82, 2.24) is 9.88 Å². The molecule has 3 heterocycles. The zero-order chi connectivity index (χ0) is 20.6. The molecule has 3 aromatic rings. The number of morpholine rings is 1. The van der Waals surface area contributed by atoms with Gasteiger partial charge in [0.15, 0.2) is 0 Å². The number of likely N-dealkylation sites (tertiary alicyclic amines) is 1. The molecular formula is C24H26FN3O2. The fourth-order valence-electron chi connectivity index (χ4n) is 4.71. The predicted molar refractivity (Wildman–Crippen MR) is 115 cm³/mol. The molecule has 5 nitrogen and oxygen atoms in total. The van der Waals surface area contributed by atoms with Gasteiger partial charge in [0.25, 0.3) is 5.91 Å². The van der Waals surface area contributed by atoms with Gasteiger partial charge in [0, 0.05) is 30.5 Å². The third-order valence-electron chi connectivity index (χ3n) is 6.40. The van der Waals surface area contributed by atoms with Crippen molar-refractivity contribution in [2.75, 3.05) is 31.1 Å². The number of ether oxygens (including phenoxy) is 1. The van der Waals surface area contributed by atoms with E-state index in [1.54, 1.807) is 17.0 Å². The Bertz CT molecular complexity index is 1050. The van der Waals surface area contributed by atoms with E-state index >= 15 is 0 Å². The number of fused-ring (bicyclic) bond motifs is 1. The number of halogens is 1. The van der Waals surface area contributed by atoms with Crippen molar-refractivity contribution < 1.29 is 13.9 Å². The first-order valence-corrected chi connectivity index (χ1v) is 10.6. The van der Waals surface area contributed by atoms with Crippen LogP contribution in [0.15, 0.2) is 54.7 Å². The van der Waals surface area contributed by atoms with Gasteiger partial charge in [-0.05, 0) is 73.2 Å². The minimum absolute atomic E-state index is 0.0624. The number of benzene rings is 2. The van der Waals surface area contributed by atoms with Crippen molar-refractivity contribution in [3.05, 3.63) is 66.1 Å². The van der Waals surface area contributed by atoms with Crippen LogP contribution >= 0.6 is 0 Å². The Balaban J connectivity index is 1.28. The number of hydrogen-bond donors (Lipinski definition) is 1. The second kappa shape index (κ2) is 7.85. The van der Waals surface area contributed by atoms with Gasteiger partial charge in [-0.25, -0.2) is 4.39 Å². The molecule has 30 heavy (non-hydrogen) atoms. The average Bonchev–Trinajstić information content (AvgIpc) is 3.14. The number of aromatic nitrogens is 1. The van der Waals surface area contributed by atoms with E-state index in [1.807, 2.05) is 6.20 Å². The molecule has 0 radical (unpaired) electrons. The zero-order valence-electron chi connectivity index (χ0n) is 16.9. The van der Waals surface area contributed by atoms with E-state index in [4.69, 9.17) is 4.74 Å². The van der Waals surface area contributed by atoms with Crippen LogP contribution in [0.1, 0.15) is 24.8 Å². The Morgan fingerprint density at radius 1 is 1.07 bits per heavy atom. The van der Waals surface area contributed by atoms with Gasteiger partial charge in [-0.3, -0.25) is 9.69 Å². The fraction of sp³-hybridized carbons (Fsp3) is 0.375. The Morgan fingerprint density at radius 2 is 1.93 bits per heavy atom. The van der Waals surface area contributed by atoms with Gasteiger partial charge in [-0.15, -0.1) is 0 Å². The van der Waals surface area contributed by atoms with Crippen LogP contribution in [-0.4, -0.2) is 47.6 Å². The van der Waals surface area contributed by atoms with Crippen molar-refractivity contribution in [3.8, 4) is 0 Å². The Labute approximate surface area is 175 Å². The molecule has 2 fully saturated rings. The number of carbonyl (C=O) groups excluding carboxylic acids is 1. The van der Waals surface area contributed by atoms with E-state index in [9.17, 15) is 9.18 Å². The van der Waals surface area contributed by atoms with Crippen molar-refractivity contribution in [1.29, 1.82) is 0 Å². The number of rotatable bonds is 3. The highest BCUT2D eigenvalue weighted by molar-refractivity contribution is 5.95. The van der Waals surface area contributed by atoms with Gasteiger partial charge in [-0.2, -0.15) is 0 Å². The molecule has 2 aliphatic heterocycles. The second-order valence-electron chi connectivity index (χ2n) is 8.46. The van der Waals surface area contributed by atoms with Crippen molar-refractivity contribution in [2.24, 2.45) is 0 Å². The van der Waals surface area contributed by atoms with Crippen molar-refractivity contribution >= 4 is 22.5 Å². The first-order chi connectivity index (χ1) is 14.6. The summed E-state index contributed by atoms with van der Waals surface area (Å²) in [6, 6.07) is 14.8. The van der Waals surface area contributed by atoms with E-state index in [2.05, 4.69) is 34.1 Å². The maximum atomic E-state index is 13.3. The summed E-state index contributed by atoms with van der Waals surface area (Å²) in [5, 5.41) is 1.23. The molecule has 0 bridgehead atoms. The Kier molecular flexibility index (Phi) is 5.05. The molecule has 0 aliphatic carbocycles. The minimum Gasteiger partial charge on any atom is -0.363 e. The number of nitrogens with zero attached hydrogens (tertiary/aromatic N) is 2. The lowest BCUT2D eigenvalue weighted by atomic mass is 9.92. The van der Waals surface area contributed by atoms with Crippen LogP contribution in [0.25, 0.3) is 10.9 Å². The number of hydrogen-bond acceptors (Lipinski definition) is 3. The summed E-state index contributed by atoms with van der Waals surface area (Å²) >= 11 is 0. The lowest BCUT2D eigenvalue weighted by Crippen LogP contribution is -2.55. The highest BCUT2D eigenvalue weighted by Crippen LogP contribution is 2.33. The SMILES string of the molecule is O=C1CO[C@@]2(CCCN(Cc3ccc4cc[nH]c4c3)CC2)CN1c1ccc(F)cc1. The minimum atomic E-state index is -0.333. The molecule has 2 saturated heterocycles. The van der Waals surface area contributed by atoms with Gasteiger partial charge in [-0.1, -0.05) is 12.1 Å². The maximum absolute atomic E-state index is 13.3. The fourth-order valence-corrected chi connectivity index (χ4v) is 4.71. The van der Waals surface area contributed by atoms with Crippen LogP contribution in [-0.2, 0) is 16.1 Å². The standard InChI is InChI=1S/C24H26FN3O2/c25-20-4-6-21(7-5-20)28-17-24(30-16-23(28)29)9-1-12-27(13-10-24)15-18-2-3-19-8-11-26-22(19)14-18/h2-8,11,14,26H,1,9-10,12-13,15-17H2/t24-/m1/s1. The molecular weight excluding hydrogens is 381 g/mol. The monoisotopic (exact) mass is 407 g/mol. The van der Waals surface area contributed by atoms with Crippen LogP contribution in [0.2, 0.25) is 0 Å². The Hall–Kier alpha value is -2.70. The van der Waals surface area contributed by atoms with Crippen LogP contribution in [0, 0.1) is 5.82 Å². The summed E-state index contributed by atoms with van der Waals surface area (Å²) in [5.41, 5.74) is 2.88. The number of H-pyrrole nitrogens is 1. The third-order valence-corrected chi connectivity index (χ3v) is 6.40. The van der Waals surface area contributed by atoms with Crippen molar-refractivity contribution in [3.63, 3.8) is 0 Å². The van der Waals surface area contributed by atoms with Gasteiger partial charge < -0.3 is 14.6 Å². The molecule has 1 aromatic heterocycles. The van der Waals surface area contributed by atoms with Crippen LogP contribution < -0.4 is 4.90 Å². The first kappa shape index (κ1) is 19.3. The van der Waals surface area contributed by atoms with Gasteiger partial charge in [0.2, 0.25) is 0 Å². The summed E-state index contributed by atoms with van der Waals surface area (Å²) < 4.78 is 19.4. The summed E-state index contributed by atoms with van der Waals surface area (Å²) in [5.74, 6) is -0.357. The lowest BCUT2D eigenvalue weighted by Gasteiger charge is -2.42. The number of carbonyl (C=O) groups is 1. The van der Waals surface area contributed by atoms with Crippen LogP contribution in [0.3, 0.4) is 0 Å². The highest BCUT2D eigenvalue weighted by atomic mass is 19.1. The summed E-state index contributed by atoms with van der Waals surface area (Å²) in [4.78, 5) is 20.0. The molecule has 1 N–H and O–H groups in total. The van der Waals surface area contributed by atoms with Gasteiger partial charge >= 0.3 is 0 Å². The normalized spacial score (nSPS) is 23.2. The molecule has 0 saturated carbocycles. The molecule has 156 valence electrons. The molecule has 0 unspecified atom stereocenters. The molecule has 5 rings (SSSR count). The topological polar surface area (TPSA) is 48.6 Å². The highest BCUT2D eigenvalue weighted by Gasteiger charge is 2.41.